The Bertz CT molecular complexity index is 309. The van der Waals surface area contributed by atoms with E-state index in [-0.39, 0.29) is 24.5 Å². The first-order valence-corrected chi connectivity index (χ1v) is 6.99. The smallest absolute Gasteiger partial charge is 0.315 e. The molecule has 0 aromatic heterocycles. The van der Waals surface area contributed by atoms with Crippen molar-refractivity contribution in [2.24, 2.45) is 5.92 Å². The molecule has 0 aromatic rings. The van der Waals surface area contributed by atoms with E-state index in [1.807, 2.05) is 11.8 Å². The first-order valence-electron chi connectivity index (χ1n) is 6.99. The van der Waals surface area contributed by atoms with Crippen molar-refractivity contribution in [3.8, 4) is 0 Å². The molecule has 1 aliphatic heterocycles. The van der Waals surface area contributed by atoms with Gasteiger partial charge in [-0.05, 0) is 44.9 Å². The topological polar surface area (TPSA) is 61.4 Å². The largest absolute Gasteiger partial charge is 0.341 e. The molecule has 0 aromatic carbocycles. The third kappa shape index (κ3) is 3.89. The highest BCUT2D eigenvalue weighted by molar-refractivity contribution is 5.84. The molecular formula is C13H23N3O2. The van der Waals surface area contributed by atoms with Crippen LogP contribution in [0.4, 0.5) is 4.79 Å². The highest BCUT2D eigenvalue weighted by Gasteiger charge is 2.29. The van der Waals surface area contributed by atoms with Gasteiger partial charge in [0.15, 0.2) is 0 Å². The van der Waals surface area contributed by atoms with Gasteiger partial charge in [0.2, 0.25) is 5.91 Å². The molecule has 1 heterocycles. The number of nitrogens with zero attached hydrogens (tertiary/aromatic N) is 1. The molecule has 1 unspecified atom stereocenters. The number of amides is 3. The maximum atomic E-state index is 11.8. The van der Waals surface area contributed by atoms with Gasteiger partial charge in [0.05, 0.1) is 6.54 Å². The fourth-order valence-electron chi connectivity index (χ4n) is 2.38. The molecule has 1 saturated carbocycles. The number of rotatable bonds is 4. The van der Waals surface area contributed by atoms with Gasteiger partial charge in [-0.2, -0.15) is 0 Å². The van der Waals surface area contributed by atoms with Crippen LogP contribution in [0.3, 0.4) is 0 Å². The number of likely N-dealkylation sites (tertiary alicyclic amines) is 1. The summed E-state index contributed by atoms with van der Waals surface area (Å²) in [6, 6.07) is -0.00477. The van der Waals surface area contributed by atoms with Gasteiger partial charge in [0.1, 0.15) is 0 Å². The summed E-state index contributed by atoms with van der Waals surface area (Å²) in [6.45, 7) is 3.80. The predicted octanol–water partition coefficient (Wildman–Crippen LogP) is 1.10. The number of piperidine rings is 1. The zero-order valence-corrected chi connectivity index (χ0v) is 11.1. The van der Waals surface area contributed by atoms with Crippen LogP contribution in [0.2, 0.25) is 0 Å². The molecule has 5 heteroatoms. The summed E-state index contributed by atoms with van der Waals surface area (Å²) in [5.41, 5.74) is 0. The van der Waals surface area contributed by atoms with Gasteiger partial charge >= 0.3 is 6.03 Å². The van der Waals surface area contributed by atoms with E-state index >= 15 is 0 Å². The second-order valence-electron chi connectivity index (χ2n) is 5.39. The van der Waals surface area contributed by atoms with Crippen molar-refractivity contribution < 1.29 is 9.59 Å². The number of hydrogen-bond acceptors (Lipinski definition) is 2. The highest BCUT2D eigenvalue weighted by atomic mass is 16.2. The van der Waals surface area contributed by atoms with Crippen LogP contribution in [-0.4, -0.2) is 42.5 Å². The van der Waals surface area contributed by atoms with Gasteiger partial charge in [-0.1, -0.05) is 0 Å². The molecule has 2 aliphatic rings. The summed E-state index contributed by atoms with van der Waals surface area (Å²) in [5.74, 6) is 0.664. The van der Waals surface area contributed by atoms with Crippen LogP contribution in [0.15, 0.2) is 0 Å². The van der Waals surface area contributed by atoms with Crippen molar-refractivity contribution in [3.63, 3.8) is 0 Å². The zero-order chi connectivity index (χ0) is 13.0. The number of nitrogens with one attached hydrogen (secondary N) is 2. The second-order valence-corrected chi connectivity index (χ2v) is 5.39. The van der Waals surface area contributed by atoms with Gasteiger partial charge in [-0.15, -0.1) is 0 Å². The van der Waals surface area contributed by atoms with Crippen LogP contribution >= 0.6 is 0 Å². The van der Waals surface area contributed by atoms with E-state index in [1.165, 1.54) is 19.3 Å². The van der Waals surface area contributed by atoms with Crippen LogP contribution in [0, 0.1) is 5.92 Å². The molecule has 18 heavy (non-hydrogen) atoms. The zero-order valence-electron chi connectivity index (χ0n) is 11.1. The van der Waals surface area contributed by atoms with Crippen molar-refractivity contribution in [2.45, 2.75) is 45.1 Å². The minimum Gasteiger partial charge on any atom is -0.341 e. The fourth-order valence-corrected chi connectivity index (χ4v) is 2.38. The molecule has 5 nitrogen and oxygen atoms in total. The van der Waals surface area contributed by atoms with E-state index in [0.717, 1.165) is 25.9 Å². The molecule has 2 N–H and O–H groups in total. The maximum absolute atomic E-state index is 11.8. The van der Waals surface area contributed by atoms with Crippen molar-refractivity contribution in [1.29, 1.82) is 0 Å². The Hall–Kier alpha value is -1.26. The van der Waals surface area contributed by atoms with Crippen molar-refractivity contribution in [1.82, 2.24) is 15.5 Å². The average molecular weight is 253 g/mol. The highest BCUT2D eigenvalue weighted by Crippen LogP contribution is 2.32. The first kappa shape index (κ1) is 13.2. The van der Waals surface area contributed by atoms with Crippen LogP contribution in [0.25, 0.3) is 0 Å². The molecule has 2 fully saturated rings. The van der Waals surface area contributed by atoms with Gasteiger partial charge in [-0.3, -0.25) is 4.79 Å². The lowest BCUT2D eigenvalue weighted by molar-refractivity contribution is -0.130. The summed E-state index contributed by atoms with van der Waals surface area (Å²) in [4.78, 5) is 25.2. The molecule has 2 rings (SSSR count). The monoisotopic (exact) mass is 253 g/mol. The number of carbonyl (C=O) groups is 2. The Morgan fingerprint density at radius 1 is 1.22 bits per heavy atom. The second kappa shape index (κ2) is 6.07. The average Bonchev–Trinajstić information content (AvgIpc) is 3.21. The molecule has 102 valence electrons. The Morgan fingerprint density at radius 3 is 2.50 bits per heavy atom. The molecule has 0 spiro atoms. The molecular weight excluding hydrogens is 230 g/mol. The van der Waals surface area contributed by atoms with E-state index in [1.54, 1.807) is 0 Å². The summed E-state index contributed by atoms with van der Waals surface area (Å²) in [5, 5.41) is 5.53. The molecule has 0 radical (unpaired) electrons. The number of hydrogen-bond donors (Lipinski definition) is 2. The van der Waals surface area contributed by atoms with Crippen molar-refractivity contribution in [2.75, 3.05) is 19.6 Å². The van der Waals surface area contributed by atoms with E-state index in [0.29, 0.717) is 5.92 Å². The molecule has 1 aliphatic carbocycles. The lowest BCUT2D eigenvalue weighted by atomic mass is 10.1. The van der Waals surface area contributed by atoms with E-state index in [2.05, 4.69) is 10.6 Å². The van der Waals surface area contributed by atoms with Gasteiger partial charge < -0.3 is 15.5 Å². The Balaban J connectivity index is 1.63. The number of urea groups is 1. The van der Waals surface area contributed by atoms with Gasteiger partial charge in [0.25, 0.3) is 0 Å². The lowest BCUT2D eigenvalue weighted by Crippen LogP contribution is -2.47. The molecule has 3 amide bonds. The van der Waals surface area contributed by atoms with Crippen LogP contribution in [0.1, 0.15) is 39.0 Å². The number of carbonyl (C=O) groups excluding carboxylic acids is 2. The summed E-state index contributed by atoms with van der Waals surface area (Å²) < 4.78 is 0. The predicted molar refractivity (Wildman–Crippen MR) is 69.2 cm³/mol. The van der Waals surface area contributed by atoms with Crippen LogP contribution < -0.4 is 10.6 Å². The van der Waals surface area contributed by atoms with E-state index in [4.69, 9.17) is 0 Å². The molecule has 0 bridgehead atoms. The Labute approximate surface area is 108 Å². The molecule has 1 atom stereocenters. The Kier molecular flexibility index (Phi) is 4.44. The van der Waals surface area contributed by atoms with E-state index in [9.17, 15) is 9.59 Å². The van der Waals surface area contributed by atoms with Gasteiger partial charge in [-0.25, -0.2) is 4.79 Å². The summed E-state index contributed by atoms with van der Waals surface area (Å²) >= 11 is 0. The van der Waals surface area contributed by atoms with Crippen LogP contribution in [-0.2, 0) is 4.79 Å². The third-order valence-electron chi connectivity index (χ3n) is 3.80. The standard InChI is InChI=1S/C13H23N3O2/c1-10(11-5-6-11)15-13(18)14-9-12(17)16-7-3-2-4-8-16/h10-11H,2-9H2,1H3,(H2,14,15,18). The first-order chi connectivity index (χ1) is 8.66. The summed E-state index contributed by atoms with van der Waals surface area (Å²) in [7, 11) is 0. The SMILES string of the molecule is CC(NC(=O)NCC(=O)N1CCCCC1)C1CC1. The van der Waals surface area contributed by atoms with Gasteiger partial charge in [0, 0.05) is 19.1 Å². The third-order valence-corrected chi connectivity index (χ3v) is 3.80. The minimum absolute atomic E-state index is 0.0314. The van der Waals surface area contributed by atoms with Crippen molar-refractivity contribution in [3.05, 3.63) is 0 Å². The lowest BCUT2D eigenvalue weighted by Gasteiger charge is -2.26. The fraction of sp³-hybridized carbons (Fsp3) is 0.846. The van der Waals surface area contributed by atoms with Crippen molar-refractivity contribution >= 4 is 11.9 Å². The normalized spacial score (nSPS) is 21.3. The quantitative estimate of drug-likeness (QED) is 0.788. The minimum atomic E-state index is -0.222. The maximum Gasteiger partial charge on any atom is 0.315 e. The van der Waals surface area contributed by atoms with E-state index < -0.39 is 0 Å². The van der Waals surface area contributed by atoms with Crippen LogP contribution in [0.5, 0.6) is 0 Å². The molecule has 1 saturated heterocycles. The summed E-state index contributed by atoms with van der Waals surface area (Å²) in [6.07, 6.45) is 5.77. The Morgan fingerprint density at radius 2 is 1.89 bits per heavy atom.